The van der Waals surface area contributed by atoms with Gasteiger partial charge >= 0.3 is 5.97 Å². The number of fused-ring (bicyclic) bond motifs is 3. The van der Waals surface area contributed by atoms with Crippen molar-refractivity contribution in [1.82, 2.24) is 9.55 Å². The van der Waals surface area contributed by atoms with E-state index >= 15 is 0 Å². The lowest BCUT2D eigenvalue weighted by Gasteiger charge is -2.42. The predicted molar refractivity (Wildman–Crippen MR) is 165 cm³/mol. The molecule has 228 valence electrons. The Morgan fingerprint density at radius 2 is 1.65 bits per heavy atom. The number of hydrogen-bond donors (Lipinski definition) is 1. The van der Waals surface area contributed by atoms with Crippen molar-refractivity contribution >= 4 is 31.8 Å². The molecule has 2 heterocycles. The van der Waals surface area contributed by atoms with Crippen molar-refractivity contribution in [2.45, 2.75) is 70.3 Å². The Balaban J connectivity index is 1.68. The Morgan fingerprint density at radius 1 is 1.02 bits per heavy atom. The van der Waals surface area contributed by atoms with Gasteiger partial charge in [0.2, 0.25) is 11.8 Å². The number of imidazole rings is 1. The summed E-state index contributed by atoms with van der Waals surface area (Å²) in [4.78, 5) is 47.7. The summed E-state index contributed by atoms with van der Waals surface area (Å²) >= 11 is 0. The summed E-state index contributed by atoms with van der Waals surface area (Å²) in [6.07, 6.45) is 0.0426. The van der Waals surface area contributed by atoms with Crippen molar-refractivity contribution in [3.63, 3.8) is 0 Å². The predicted octanol–water partition coefficient (Wildman–Crippen LogP) is 4.86. The number of benzene rings is 2. The minimum Gasteiger partial charge on any atom is -0.464 e. The Labute approximate surface area is 254 Å². The molecule has 2 aliphatic rings. The van der Waals surface area contributed by atoms with E-state index in [0.29, 0.717) is 23.6 Å². The summed E-state index contributed by atoms with van der Waals surface area (Å²) in [6, 6.07) is 18.6. The average molecular weight is 604 g/mol. The number of imide groups is 1. The number of aromatic nitrogens is 2. The maximum atomic E-state index is 14.4. The molecule has 1 aliphatic carbocycles. The Kier molecular flexibility index (Phi) is 8.48. The molecule has 9 nitrogen and oxygen atoms in total. The zero-order chi connectivity index (χ0) is 31.1. The lowest BCUT2D eigenvalue weighted by molar-refractivity contribution is -0.156. The van der Waals surface area contributed by atoms with Crippen molar-refractivity contribution in [1.29, 1.82) is 0 Å². The van der Waals surface area contributed by atoms with Crippen molar-refractivity contribution in [2.75, 3.05) is 18.1 Å². The molecule has 0 spiro atoms. The van der Waals surface area contributed by atoms with Gasteiger partial charge in [0.15, 0.2) is 14.4 Å². The molecule has 0 bridgehead atoms. The molecule has 0 unspecified atom stereocenters. The second-order valence-electron chi connectivity index (χ2n) is 12.9. The average Bonchev–Trinajstić information content (AvgIpc) is 3.49. The van der Waals surface area contributed by atoms with Gasteiger partial charge in [-0.2, -0.15) is 0 Å². The normalized spacial score (nSPS) is 22.7. The van der Waals surface area contributed by atoms with Crippen LogP contribution < -0.4 is 4.90 Å². The smallest absolute Gasteiger partial charge is 0.335 e. The van der Waals surface area contributed by atoms with Crippen LogP contribution in [0.3, 0.4) is 0 Å². The Bertz CT molecular complexity index is 1480. The van der Waals surface area contributed by atoms with Gasteiger partial charge in [0.1, 0.15) is 0 Å². The van der Waals surface area contributed by atoms with Gasteiger partial charge in [0.05, 0.1) is 41.8 Å². The molecule has 5 atom stereocenters. The topological polar surface area (TPSA) is 111 Å². The SMILES string of the molecule is CCOC(=O)[C@@H](O)[C@@H]1c2ncn(Cc3ccccc3)c2[C@H]2C(=O)N(c3ccccc3)C(=O)[C@H]2[C@H]1CO[Si](C)(C)C(C)(C)C. The molecule has 0 saturated carbocycles. The first-order chi connectivity index (χ1) is 20.4. The maximum Gasteiger partial charge on any atom is 0.335 e. The molecule has 2 amide bonds. The molecular weight excluding hydrogens is 562 g/mol. The van der Waals surface area contributed by atoms with Gasteiger partial charge in [-0.05, 0) is 42.8 Å². The highest BCUT2D eigenvalue weighted by Crippen LogP contribution is 2.53. The summed E-state index contributed by atoms with van der Waals surface area (Å²) in [7, 11) is -2.33. The number of aliphatic hydroxyl groups is 1. The van der Waals surface area contributed by atoms with E-state index in [1.807, 2.05) is 41.0 Å². The first-order valence-electron chi connectivity index (χ1n) is 14.9. The largest absolute Gasteiger partial charge is 0.464 e. The van der Waals surface area contributed by atoms with Gasteiger partial charge in [-0.25, -0.2) is 14.7 Å². The van der Waals surface area contributed by atoms with E-state index in [0.717, 1.165) is 5.56 Å². The third-order valence-corrected chi connectivity index (χ3v) is 13.8. The number of carbonyl (C=O) groups excluding carboxylic acids is 3. The van der Waals surface area contributed by atoms with Gasteiger partial charge < -0.3 is 18.8 Å². The summed E-state index contributed by atoms with van der Waals surface area (Å²) in [5, 5.41) is 11.4. The van der Waals surface area contributed by atoms with E-state index in [2.05, 4.69) is 33.9 Å². The van der Waals surface area contributed by atoms with Crippen LogP contribution in [0.2, 0.25) is 18.1 Å². The number of ether oxygens (including phenoxy) is 1. The van der Waals surface area contributed by atoms with Crippen LogP contribution in [-0.4, -0.2) is 60.1 Å². The van der Waals surface area contributed by atoms with Gasteiger partial charge in [0.25, 0.3) is 0 Å². The lowest BCUT2D eigenvalue weighted by atomic mass is 9.66. The van der Waals surface area contributed by atoms with Gasteiger partial charge in [-0.3, -0.25) is 9.59 Å². The fraction of sp³-hybridized carbons (Fsp3) is 0.455. The second-order valence-corrected chi connectivity index (χ2v) is 17.7. The van der Waals surface area contributed by atoms with Crippen LogP contribution in [0.4, 0.5) is 5.69 Å². The van der Waals surface area contributed by atoms with Crippen LogP contribution in [0.15, 0.2) is 67.0 Å². The lowest BCUT2D eigenvalue weighted by Crippen LogP contribution is -2.49. The number of aliphatic hydroxyl groups excluding tert-OH is 1. The minimum absolute atomic E-state index is 0.0887. The molecule has 1 saturated heterocycles. The molecule has 0 radical (unpaired) electrons. The number of esters is 1. The molecule has 1 fully saturated rings. The molecule has 2 aromatic carbocycles. The van der Waals surface area contributed by atoms with Crippen molar-refractivity contribution < 1.29 is 28.7 Å². The number of anilines is 1. The zero-order valence-electron chi connectivity index (χ0n) is 25.7. The maximum absolute atomic E-state index is 14.4. The summed E-state index contributed by atoms with van der Waals surface area (Å²) in [6.45, 7) is 12.9. The number of para-hydroxylation sites is 1. The third kappa shape index (κ3) is 5.59. The molecule has 3 aromatic rings. The van der Waals surface area contributed by atoms with E-state index in [-0.39, 0.29) is 30.1 Å². The van der Waals surface area contributed by atoms with Crippen LogP contribution in [-0.2, 0) is 30.1 Å². The third-order valence-electron chi connectivity index (χ3n) is 9.31. The second kappa shape index (κ2) is 11.8. The summed E-state index contributed by atoms with van der Waals surface area (Å²) < 4.78 is 13.8. The quantitative estimate of drug-likeness (QED) is 0.211. The highest BCUT2D eigenvalue weighted by molar-refractivity contribution is 6.74. The van der Waals surface area contributed by atoms with Crippen LogP contribution in [0.25, 0.3) is 0 Å². The number of nitrogens with zero attached hydrogens (tertiary/aromatic N) is 3. The van der Waals surface area contributed by atoms with Crippen LogP contribution in [0, 0.1) is 11.8 Å². The highest BCUT2D eigenvalue weighted by atomic mass is 28.4. The van der Waals surface area contributed by atoms with E-state index in [4.69, 9.17) is 14.1 Å². The van der Waals surface area contributed by atoms with Gasteiger partial charge in [-0.1, -0.05) is 69.3 Å². The monoisotopic (exact) mass is 603 g/mol. The van der Waals surface area contributed by atoms with Crippen LogP contribution in [0.5, 0.6) is 0 Å². The molecular formula is C33H41N3O6Si. The van der Waals surface area contributed by atoms with Crippen LogP contribution in [0.1, 0.15) is 56.5 Å². The van der Waals surface area contributed by atoms with E-state index < -0.39 is 44.1 Å². The van der Waals surface area contributed by atoms with E-state index in [1.54, 1.807) is 37.5 Å². The Hall–Kier alpha value is -3.60. The fourth-order valence-corrected chi connectivity index (χ4v) is 7.10. The van der Waals surface area contributed by atoms with Crippen molar-refractivity contribution in [3.8, 4) is 0 Å². The number of rotatable bonds is 9. The number of carbonyl (C=O) groups is 3. The summed E-state index contributed by atoms with van der Waals surface area (Å²) in [5.74, 6) is -4.84. The van der Waals surface area contributed by atoms with Gasteiger partial charge in [0, 0.05) is 25.0 Å². The first-order valence-corrected chi connectivity index (χ1v) is 17.8. The molecule has 10 heteroatoms. The minimum atomic E-state index is -2.33. The van der Waals surface area contributed by atoms with Gasteiger partial charge in [-0.15, -0.1) is 0 Å². The standard InChI is InChI=1S/C33H41N3O6Si/c1-7-41-32(40)29(37)25-23(19-42-43(5,6)33(2,3)4)24-26(31(39)36(30(24)38)22-16-12-9-13-17-22)28-27(25)34-20-35(28)18-21-14-10-8-11-15-21/h8-17,20,23-26,29,37H,7,18-19H2,1-6H3/t23-,24+,25+,26+,29+/m1/s1. The molecule has 5 rings (SSSR count). The number of amides is 2. The first kappa shape index (κ1) is 30.8. The van der Waals surface area contributed by atoms with Crippen molar-refractivity contribution in [3.05, 3.63) is 83.9 Å². The molecule has 1 aliphatic heterocycles. The van der Waals surface area contributed by atoms with Crippen molar-refractivity contribution in [2.24, 2.45) is 11.8 Å². The van der Waals surface area contributed by atoms with E-state index in [9.17, 15) is 19.5 Å². The fourth-order valence-electron chi connectivity index (χ4n) is 6.06. The van der Waals surface area contributed by atoms with E-state index in [1.165, 1.54) is 4.90 Å². The molecule has 43 heavy (non-hydrogen) atoms. The highest BCUT2D eigenvalue weighted by Gasteiger charge is 2.61. The Morgan fingerprint density at radius 3 is 2.26 bits per heavy atom. The molecule has 1 aromatic heterocycles. The zero-order valence-corrected chi connectivity index (χ0v) is 26.7. The number of hydrogen-bond acceptors (Lipinski definition) is 7. The molecule has 1 N–H and O–H groups in total. The summed E-state index contributed by atoms with van der Waals surface area (Å²) in [5.41, 5.74) is 2.44. The van der Waals surface area contributed by atoms with Crippen LogP contribution >= 0.6 is 0 Å².